The first-order valence-electron chi connectivity index (χ1n) is 9.08. The van der Waals surface area contributed by atoms with Crippen molar-refractivity contribution in [3.63, 3.8) is 0 Å². The summed E-state index contributed by atoms with van der Waals surface area (Å²) in [6, 6.07) is 1.67. The van der Waals surface area contributed by atoms with Gasteiger partial charge in [0.2, 0.25) is 15.9 Å². The number of fused-ring (bicyclic) bond motifs is 1. The second-order valence-electron chi connectivity index (χ2n) is 6.88. The molecule has 0 spiro atoms. The van der Waals surface area contributed by atoms with Crippen molar-refractivity contribution in [2.75, 3.05) is 45.9 Å². The van der Waals surface area contributed by atoms with E-state index in [4.69, 9.17) is 4.74 Å². The van der Waals surface area contributed by atoms with Crippen LogP contribution in [0.1, 0.15) is 30.8 Å². The molecule has 0 radical (unpaired) electrons. The van der Waals surface area contributed by atoms with Crippen LogP contribution in [0.3, 0.4) is 0 Å². The van der Waals surface area contributed by atoms with Gasteiger partial charge in [-0.15, -0.1) is 0 Å². The minimum atomic E-state index is -3.18. The average molecular weight is 385 g/mol. The number of sulfonamides is 1. The second kappa shape index (κ2) is 7.93. The van der Waals surface area contributed by atoms with Crippen molar-refractivity contribution in [2.24, 2.45) is 0 Å². The number of nitrogens with zero attached hydrogens (tertiary/aromatic N) is 4. The molecule has 0 aliphatic carbocycles. The average Bonchev–Trinajstić information content (AvgIpc) is 3.06. The molecule has 3 rings (SSSR count). The van der Waals surface area contributed by atoms with Crippen LogP contribution in [0.5, 0.6) is 5.88 Å². The highest BCUT2D eigenvalue weighted by Gasteiger charge is 2.29. The molecule has 9 nitrogen and oxygen atoms in total. The maximum Gasteiger partial charge on any atom is 0.271 e. The fourth-order valence-electron chi connectivity index (χ4n) is 3.10. The first-order chi connectivity index (χ1) is 12.4. The summed E-state index contributed by atoms with van der Waals surface area (Å²) in [7, 11) is -3.18. The van der Waals surface area contributed by atoms with Gasteiger partial charge in [-0.05, 0) is 13.8 Å². The summed E-state index contributed by atoms with van der Waals surface area (Å²) in [5, 5.41) is 6.74. The molecule has 1 N–H and O–H groups in total. The van der Waals surface area contributed by atoms with E-state index in [2.05, 4.69) is 15.3 Å². The van der Waals surface area contributed by atoms with Crippen molar-refractivity contribution < 1.29 is 17.9 Å². The zero-order valence-corrected chi connectivity index (χ0v) is 16.2. The monoisotopic (exact) mass is 385 g/mol. The Balaban J connectivity index is 1.42. The van der Waals surface area contributed by atoms with Gasteiger partial charge < -0.3 is 10.1 Å². The number of nitrogens with one attached hydrogen (secondary N) is 1. The standard InChI is InChI=1S/C16H27N5O4S/c1-13(2)26(23,24)20-9-7-19(8-10-20)6-4-17-16(22)14-12-15-21(18-14)5-3-11-25-15/h12-13H,3-11H2,1-2H3,(H,17,22). The fourth-order valence-corrected chi connectivity index (χ4v) is 4.37. The van der Waals surface area contributed by atoms with E-state index in [0.717, 1.165) is 13.0 Å². The van der Waals surface area contributed by atoms with Gasteiger partial charge in [-0.1, -0.05) is 0 Å². The molecule has 1 aromatic heterocycles. The summed E-state index contributed by atoms with van der Waals surface area (Å²) in [6.45, 7) is 8.37. The molecule has 1 saturated heterocycles. The third kappa shape index (κ3) is 4.18. The third-order valence-corrected chi connectivity index (χ3v) is 7.02. The summed E-state index contributed by atoms with van der Waals surface area (Å²) in [5.41, 5.74) is 0.370. The third-order valence-electron chi connectivity index (χ3n) is 4.74. The Morgan fingerprint density at radius 1 is 1.27 bits per heavy atom. The van der Waals surface area contributed by atoms with Gasteiger partial charge in [-0.3, -0.25) is 9.69 Å². The lowest BCUT2D eigenvalue weighted by Crippen LogP contribution is -2.51. The van der Waals surface area contributed by atoms with E-state index in [0.29, 0.717) is 57.4 Å². The molecular formula is C16H27N5O4S. The summed E-state index contributed by atoms with van der Waals surface area (Å²) in [5.74, 6) is 0.431. The highest BCUT2D eigenvalue weighted by Crippen LogP contribution is 2.18. The Bertz CT molecular complexity index is 714. The molecule has 3 heterocycles. The van der Waals surface area contributed by atoms with Crippen molar-refractivity contribution in [3.8, 4) is 5.88 Å². The molecule has 2 aliphatic heterocycles. The van der Waals surface area contributed by atoms with E-state index in [-0.39, 0.29) is 5.91 Å². The lowest BCUT2D eigenvalue weighted by molar-refractivity contribution is 0.0939. The number of hydrogen-bond acceptors (Lipinski definition) is 6. The van der Waals surface area contributed by atoms with Crippen LogP contribution in [0, 0.1) is 0 Å². The van der Waals surface area contributed by atoms with Crippen LogP contribution in [-0.2, 0) is 16.6 Å². The number of amides is 1. The van der Waals surface area contributed by atoms with Gasteiger partial charge in [-0.25, -0.2) is 13.1 Å². The molecule has 1 amide bonds. The number of aryl methyl sites for hydroxylation is 1. The topological polar surface area (TPSA) is 96.8 Å². The zero-order valence-electron chi connectivity index (χ0n) is 15.3. The van der Waals surface area contributed by atoms with E-state index in [1.165, 1.54) is 0 Å². The van der Waals surface area contributed by atoms with E-state index in [1.807, 2.05) is 0 Å². The molecule has 0 unspecified atom stereocenters. The molecular weight excluding hydrogens is 358 g/mol. The number of ether oxygens (including phenoxy) is 1. The van der Waals surface area contributed by atoms with Gasteiger partial charge in [0.05, 0.1) is 11.9 Å². The lowest BCUT2D eigenvalue weighted by atomic mass is 10.3. The number of piperazine rings is 1. The molecule has 0 aromatic carbocycles. The van der Waals surface area contributed by atoms with Crippen LogP contribution < -0.4 is 10.1 Å². The van der Waals surface area contributed by atoms with Crippen LogP contribution in [0.25, 0.3) is 0 Å². The predicted molar refractivity (Wildman–Crippen MR) is 96.7 cm³/mol. The van der Waals surface area contributed by atoms with E-state index < -0.39 is 15.3 Å². The summed E-state index contributed by atoms with van der Waals surface area (Å²) in [6.07, 6.45) is 0.897. The smallest absolute Gasteiger partial charge is 0.271 e. The van der Waals surface area contributed by atoms with Crippen molar-refractivity contribution in [1.82, 2.24) is 24.3 Å². The number of carbonyl (C=O) groups excluding carboxylic acids is 1. The van der Waals surface area contributed by atoms with Crippen LogP contribution in [-0.4, -0.2) is 84.4 Å². The van der Waals surface area contributed by atoms with E-state index in [9.17, 15) is 13.2 Å². The summed E-state index contributed by atoms with van der Waals surface area (Å²) < 4.78 is 33.1. The van der Waals surface area contributed by atoms with Crippen molar-refractivity contribution >= 4 is 15.9 Å². The number of hydrogen-bond donors (Lipinski definition) is 1. The SMILES string of the molecule is CC(C)S(=O)(=O)N1CCN(CCNC(=O)c2cc3n(n2)CCCO3)CC1. The Labute approximate surface area is 154 Å². The molecule has 1 aromatic rings. The Hall–Kier alpha value is -1.65. The van der Waals surface area contributed by atoms with E-state index >= 15 is 0 Å². The first kappa shape index (κ1) is 19.1. The number of rotatable bonds is 6. The molecule has 26 heavy (non-hydrogen) atoms. The van der Waals surface area contributed by atoms with Crippen LogP contribution >= 0.6 is 0 Å². The lowest BCUT2D eigenvalue weighted by Gasteiger charge is -2.34. The van der Waals surface area contributed by atoms with Crippen molar-refractivity contribution in [2.45, 2.75) is 32.1 Å². The molecule has 146 valence electrons. The summed E-state index contributed by atoms with van der Waals surface area (Å²) in [4.78, 5) is 14.4. The number of aromatic nitrogens is 2. The quantitative estimate of drug-likeness (QED) is 0.725. The van der Waals surface area contributed by atoms with Gasteiger partial charge in [0.25, 0.3) is 5.91 Å². The fraction of sp³-hybridized carbons (Fsp3) is 0.750. The van der Waals surface area contributed by atoms with Gasteiger partial charge in [0, 0.05) is 58.3 Å². The minimum Gasteiger partial charge on any atom is -0.478 e. The Morgan fingerprint density at radius 3 is 2.65 bits per heavy atom. The largest absolute Gasteiger partial charge is 0.478 e. The Morgan fingerprint density at radius 2 is 2.00 bits per heavy atom. The molecule has 10 heteroatoms. The minimum absolute atomic E-state index is 0.212. The van der Waals surface area contributed by atoms with Gasteiger partial charge in [-0.2, -0.15) is 9.40 Å². The van der Waals surface area contributed by atoms with Crippen LogP contribution in [0.4, 0.5) is 0 Å². The molecule has 0 atom stereocenters. The van der Waals surface area contributed by atoms with Gasteiger partial charge in [0.15, 0.2) is 5.69 Å². The van der Waals surface area contributed by atoms with Crippen molar-refractivity contribution in [3.05, 3.63) is 11.8 Å². The normalized spacial score (nSPS) is 19.2. The highest BCUT2D eigenvalue weighted by molar-refractivity contribution is 7.89. The van der Waals surface area contributed by atoms with Crippen molar-refractivity contribution in [1.29, 1.82) is 0 Å². The Kier molecular flexibility index (Phi) is 5.83. The zero-order chi connectivity index (χ0) is 18.7. The molecule has 1 fully saturated rings. The maximum atomic E-state index is 12.2. The van der Waals surface area contributed by atoms with E-state index in [1.54, 1.807) is 28.9 Å². The number of carbonyl (C=O) groups is 1. The highest BCUT2D eigenvalue weighted by atomic mass is 32.2. The van der Waals surface area contributed by atoms with Crippen LogP contribution in [0.2, 0.25) is 0 Å². The first-order valence-corrected chi connectivity index (χ1v) is 10.6. The second-order valence-corrected chi connectivity index (χ2v) is 9.37. The maximum absolute atomic E-state index is 12.2. The van der Waals surface area contributed by atoms with Crippen LogP contribution in [0.15, 0.2) is 6.07 Å². The van der Waals surface area contributed by atoms with Gasteiger partial charge >= 0.3 is 0 Å². The summed E-state index contributed by atoms with van der Waals surface area (Å²) >= 11 is 0. The molecule has 0 bridgehead atoms. The molecule has 0 saturated carbocycles. The molecule has 2 aliphatic rings. The predicted octanol–water partition coefficient (Wildman–Crippen LogP) is -0.249. The van der Waals surface area contributed by atoms with Gasteiger partial charge in [0.1, 0.15) is 0 Å².